The summed E-state index contributed by atoms with van der Waals surface area (Å²) in [6.45, 7) is 3.43. The fraction of sp³-hybridized carbons (Fsp3) is 0.667. The van der Waals surface area contributed by atoms with Crippen LogP contribution in [0.4, 0.5) is 0 Å². The molecule has 0 fully saturated rings. The average molecular weight is 223 g/mol. The molecule has 0 aliphatic carbocycles. The van der Waals surface area contributed by atoms with Crippen LogP contribution in [0, 0.1) is 16.7 Å². The molecule has 1 rings (SSSR count). The summed E-state index contributed by atoms with van der Waals surface area (Å²) in [6.07, 6.45) is 0.0934. The number of aryl methyl sites for hydroxylation is 1. The molecule has 1 heterocycles. The van der Waals surface area contributed by atoms with Gasteiger partial charge >= 0.3 is 5.97 Å². The molecule has 16 heavy (non-hydrogen) atoms. The van der Waals surface area contributed by atoms with E-state index in [4.69, 9.17) is 10.00 Å². The predicted octanol–water partition coefficient (Wildman–Crippen LogP) is -0.154. The molecule has 1 aromatic rings. The maximum Gasteiger partial charge on any atom is 0.326 e. The average Bonchev–Trinajstić information content (AvgIpc) is 2.64. The zero-order valence-electron chi connectivity index (χ0n) is 9.47. The Morgan fingerprint density at radius 1 is 1.69 bits per heavy atom. The van der Waals surface area contributed by atoms with Crippen LogP contribution in [-0.4, -0.2) is 32.8 Å². The van der Waals surface area contributed by atoms with Crippen LogP contribution in [0.2, 0.25) is 0 Å². The molecule has 0 radical (unpaired) electrons. The number of hydrogen-bond donors (Lipinski definition) is 0. The molecule has 1 atom stereocenters. The van der Waals surface area contributed by atoms with E-state index in [0.717, 1.165) is 0 Å². The third-order valence-corrected chi connectivity index (χ3v) is 2.03. The van der Waals surface area contributed by atoms with Crippen LogP contribution < -0.4 is 0 Å². The molecule has 0 aliphatic rings. The first kappa shape index (κ1) is 12.1. The Morgan fingerprint density at radius 3 is 2.81 bits per heavy atom. The van der Waals surface area contributed by atoms with Crippen molar-refractivity contribution in [3.05, 3.63) is 5.82 Å². The minimum Gasteiger partial charge on any atom is -0.465 e. The maximum absolute atomic E-state index is 11.6. The standard InChI is InChI=1S/C9H13N5O2/c1-4-16-8(15)9(2,6-10)5-7-11-13-14(3)12-7/h4-5H2,1-3H3. The molecular formula is C9H13N5O2. The first-order valence-corrected chi connectivity index (χ1v) is 4.83. The van der Waals surface area contributed by atoms with E-state index in [1.807, 2.05) is 6.07 Å². The molecule has 0 amide bonds. The molecule has 0 saturated heterocycles. The lowest BCUT2D eigenvalue weighted by atomic mass is 9.88. The van der Waals surface area contributed by atoms with E-state index in [0.29, 0.717) is 5.82 Å². The van der Waals surface area contributed by atoms with Crippen LogP contribution in [0.15, 0.2) is 0 Å². The van der Waals surface area contributed by atoms with Crippen LogP contribution in [-0.2, 0) is 23.0 Å². The molecule has 0 N–H and O–H groups in total. The van der Waals surface area contributed by atoms with Gasteiger partial charge in [-0.3, -0.25) is 4.79 Å². The smallest absolute Gasteiger partial charge is 0.326 e. The number of carbonyl (C=O) groups excluding carboxylic acids is 1. The summed E-state index contributed by atoms with van der Waals surface area (Å²) in [5.74, 6) is -0.218. The highest BCUT2D eigenvalue weighted by atomic mass is 16.5. The Bertz CT molecular complexity index is 422. The number of nitrogens with zero attached hydrogens (tertiary/aromatic N) is 5. The van der Waals surface area contributed by atoms with Crippen LogP contribution in [0.1, 0.15) is 19.7 Å². The summed E-state index contributed by atoms with van der Waals surface area (Å²) in [4.78, 5) is 12.9. The minimum absolute atomic E-state index is 0.0934. The predicted molar refractivity (Wildman–Crippen MR) is 52.9 cm³/mol. The largest absolute Gasteiger partial charge is 0.465 e. The first-order valence-electron chi connectivity index (χ1n) is 4.83. The minimum atomic E-state index is -1.26. The van der Waals surface area contributed by atoms with E-state index in [-0.39, 0.29) is 13.0 Å². The summed E-state index contributed by atoms with van der Waals surface area (Å²) in [5, 5.41) is 20.3. The topological polar surface area (TPSA) is 93.7 Å². The van der Waals surface area contributed by atoms with E-state index in [1.54, 1.807) is 14.0 Å². The number of hydrogen-bond acceptors (Lipinski definition) is 6. The molecule has 7 nitrogen and oxygen atoms in total. The molecule has 0 aromatic carbocycles. The quantitative estimate of drug-likeness (QED) is 0.658. The van der Waals surface area contributed by atoms with Crippen molar-refractivity contribution in [3.8, 4) is 6.07 Å². The monoisotopic (exact) mass is 223 g/mol. The van der Waals surface area contributed by atoms with Crippen molar-refractivity contribution in [2.45, 2.75) is 20.3 Å². The van der Waals surface area contributed by atoms with Gasteiger partial charge in [0.2, 0.25) is 0 Å². The van der Waals surface area contributed by atoms with Gasteiger partial charge in [-0.2, -0.15) is 10.1 Å². The molecular weight excluding hydrogens is 210 g/mol. The fourth-order valence-corrected chi connectivity index (χ4v) is 1.16. The fourth-order valence-electron chi connectivity index (χ4n) is 1.16. The highest BCUT2D eigenvalue weighted by Crippen LogP contribution is 2.21. The van der Waals surface area contributed by atoms with Gasteiger partial charge in [0.05, 0.1) is 19.7 Å². The maximum atomic E-state index is 11.6. The SMILES string of the molecule is CCOC(=O)C(C)(C#N)Cc1nnn(C)n1. The summed E-state index contributed by atoms with van der Waals surface area (Å²) < 4.78 is 4.83. The molecule has 86 valence electrons. The Morgan fingerprint density at radius 2 is 2.38 bits per heavy atom. The molecule has 0 spiro atoms. The zero-order chi connectivity index (χ0) is 12.2. The van der Waals surface area contributed by atoms with Crippen LogP contribution in [0.5, 0.6) is 0 Å². The number of ether oxygens (including phenoxy) is 1. The van der Waals surface area contributed by atoms with Gasteiger partial charge in [0.15, 0.2) is 11.2 Å². The van der Waals surface area contributed by atoms with Gasteiger partial charge in [-0.1, -0.05) is 0 Å². The van der Waals surface area contributed by atoms with Crippen LogP contribution >= 0.6 is 0 Å². The van der Waals surface area contributed by atoms with Crippen molar-refractivity contribution in [2.24, 2.45) is 12.5 Å². The molecule has 1 unspecified atom stereocenters. The van der Waals surface area contributed by atoms with E-state index in [2.05, 4.69) is 15.4 Å². The van der Waals surface area contributed by atoms with Gasteiger partial charge in [0, 0.05) is 6.42 Å². The number of tetrazole rings is 1. The van der Waals surface area contributed by atoms with Crippen molar-refractivity contribution in [2.75, 3.05) is 6.61 Å². The molecule has 1 aromatic heterocycles. The molecule has 7 heteroatoms. The van der Waals surface area contributed by atoms with Gasteiger partial charge in [0.25, 0.3) is 0 Å². The van der Waals surface area contributed by atoms with Crippen molar-refractivity contribution in [3.63, 3.8) is 0 Å². The molecule has 0 aliphatic heterocycles. The lowest BCUT2D eigenvalue weighted by Gasteiger charge is -2.16. The second-order valence-electron chi connectivity index (χ2n) is 3.54. The normalized spacial score (nSPS) is 13.9. The summed E-state index contributed by atoms with van der Waals surface area (Å²) in [5.41, 5.74) is -1.26. The van der Waals surface area contributed by atoms with Gasteiger partial charge in [-0.25, -0.2) is 0 Å². The number of esters is 1. The van der Waals surface area contributed by atoms with Crippen molar-refractivity contribution in [1.82, 2.24) is 20.2 Å². The van der Waals surface area contributed by atoms with Crippen molar-refractivity contribution >= 4 is 5.97 Å². The number of carbonyl (C=O) groups is 1. The Labute approximate surface area is 93.0 Å². The summed E-state index contributed by atoms with van der Waals surface area (Å²) >= 11 is 0. The number of nitriles is 1. The third kappa shape index (κ3) is 2.53. The lowest BCUT2D eigenvalue weighted by Crippen LogP contribution is -2.31. The highest BCUT2D eigenvalue weighted by molar-refractivity contribution is 5.79. The highest BCUT2D eigenvalue weighted by Gasteiger charge is 2.36. The van der Waals surface area contributed by atoms with Crippen LogP contribution in [0.3, 0.4) is 0 Å². The van der Waals surface area contributed by atoms with Gasteiger partial charge < -0.3 is 4.74 Å². The van der Waals surface area contributed by atoms with Gasteiger partial charge in [-0.15, -0.1) is 10.2 Å². The Kier molecular flexibility index (Phi) is 3.55. The van der Waals surface area contributed by atoms with E-state index < -0.39 is 11.4 Å². The molecule has 0 saturated carbocycles. The Hall–Kier alpha value is -1.97. The zero-order valence-corrected chi connectivity index (χ0v) is 9.47. The second-order valence-corrected chi connectivity index (χ2v) is 3.54. The summed E-state index contributed by atoms with van der Waals surface area (Å²) in [7, 11) is 1.62. The summed E-state index contributed by atoms with van der Waals surface area (Å²) in [6, 6.07) is 1.93. The van der Waals surface area contributed by atoms with Gasteiger partial charge in [0.1, 0.15) is 0 Å². The lowest BCUT2D eigenvalue weighted by molar-refractivity contribution is -0.151. The van der Waals surface area contributed by atoms with Gasteiger partial charge in [-0.05, 0) is 19.1 Å². The first-order chi connectivity index (χ1) is 7.51. The van der Waals surface area contributed by atoms with E-state index in [1.165, 1.54) is 11.7 Å². The van der Waals surface area contributed by atoms with Crippen molar-refractivity contribution in [1.29, 1.82) is 5.26 Å². The number of rotatable bonds is 4. The van der Waals surface area contributed by atoms with Crippen molar-refractivity contribution < 1.29 is 9.53 Å². The van der Waals surface area contributed by atoms with E-state index in [9.17, 15) is 4.79 Å². The van der Waals surface area contributed by atoms with Crippen LogP contribution in [0.25, 0.3) is 0 Å². The second kappa shape index (κ2) is 4.70. The van der Waals surface area contributed by atoms with E-state index >= 15 is 0 Å². The Balaban J connectivity index is 2.82. The third-order valence-electron chi connectivity index (χ3n) is 2.03. The molecule has 0 bridgehead atoms. The number of aromatic nitrogens is 4.